The van der Waals surface area contributed by atoms with Gasteiger partial charge in [-0.05, 0) is 45.4 Å². The van der Waals surface area contributed by atoms with Crippen LogP contribution in [0.4, 0.5) is 0 Å². The van der Waals surface area contributed by atoms with Crippen molar-refractivity contribution >= 4 is 0 Å². The molecular formula is C22H20O2. The van der Waals surface area contributed by atoms with E-state index < -0.39 is 0 Å². The van der Waals surface area contributed by atoms with Gasteiger partial charge in [-0.3, -0.25) is 0 Å². The fraction of sp³-hybridized carbons (Fsp3) is 0.182. The SMILES string of the molecule is OCCOCc1ccc(-c2cccc3c2Cc2ccccc2-3)cc1. The van der Waals surface area contributed by atoms with E-state index in [1.165, 1.54) is 33.4 Å². The summed E-state index contributed by atoms with van der Waals surface area (Å²) in [6.07, 6.45) is 1.00. The number of aliphatic hydroxyl groups is 1. The minimum atomic E-state index is 0.0643. The molecule has 24 heavy (non-hydrogen) atoms. The highest BCUT2D eigenvalue weighted by Crippen LogP contribution is 2.41. The van der Waals surface area contributed by atoms with Gasteiger partial charge in [-0.15, -0.1) is 0 Å². The van der Waals surface area contributed by atoms with Crippen molar-refractivity contribution in [3.63, 3.8) is 0 Å². The average Bonchev–Trinajstić information content (AvgIpc) is 3.01. The quantitative estimate of drug-likeness (QED) is 0.552. The van der Waals surface area contributed by atoms with Gasteiger partial charge in [0, 0.05) is 0 Å². The molecule has 1 aliphatic rings. The van der Waals surface area contributed by atoms with E-state index in [1.54, 1.807) is 0 Å². The van der Waals surface area contributed by atoms with Crippen LogP contribution < -0.4 is 0 Å². The fourth-order valence-corrected chi connectivity index (χ4v) is 3.46. The first-order valence-electron chi connectivity index (χ1n) is 8.35. The van der Waals surface area contributed by atoms with Gasteiger partial charge < -0.3 is 9.84 Å². The van der Waals surface area contributed by atoms with E-state index in [0.29, 0.717) is 13.2 Å². The molecule has 2 heteroatoms. The Morgan fingerprint density at radius 1 is 0.792 bits per heavy atom. The van der Waals surface area contributed by atoms with E-state index >= 15 is 0 Å². The maximum atomic E-state index is 8.78. The molecule has 2 nitrogen and oxygen atoms in total. The third kappa shape index (κ3) is 2.75. The highest BCUT2D eigenvalue weighted by Gasteiger charge is 2.20. The number of rotatable bonds is 5. The van der Waals surface area contributed by atoms with Gasteiger partial charge >= 0.3 is 0 Å². The summed E-state index contributed by atoms with van der Waals surface area (Å²) in [4.78, 5) is 0. The lowest BCUT2D eigenvalue weighted by atomic mass is 9.95. The monoisotopic (exact) mass is 316 g/mol. The molecule has 1 N–H and O–H groups in total. The largest absolute Gasteiger partial charge is 0.394 e. The predicted molar refractivity (Wildman–Crippen MR) is 96.9 cm³/mol. The van der Waals surface area contributed by atoms with Crippen molar-refractivity contribution in [1.29, 1.82) is 0 Å². The Kier molecular flexibility index (Phi) is 4.16. The standard InChI is InChI=1S/C22H20O2/c23-12-13-24-15-16-8-10-17(11-9-16)19-6-3-7-21-20-5-2-1-4-18(20)14-22(19)21/h1-11,23H,12-15H2. The van der Waals surface area contributed by atoms with Gasteiger partial charge in [0.25, 0.3) is 0 Å². The summed E-state index contributed by atoms with van der Waals surface area (Å²) in [6.45, 7) is 0.986. The Morgan fingerprint density at radius 2 is 1.54 bits per heavy atom. The maximum Gasteiger partial charge on any atom is 0.0718 e. The number of fused-ring (bicyclic) bond motifs is 3. The van der Waals surface area contributed by atoms with Gasteiger partial charge in [-0.1, -0.05) is 66.7 Å². The van der Waals surface area contributed by atoms with Gasteiger partial charge in [-0.2, -0.15) is 0 Å². The molecule has 0 unspecified atom stereocenters. The zero-order valence-electron chi connectivity index (χ0n) is 13.5. The van der Waals surface area contributed by atoms with E-state index in [-0.39, 0.29) is 6.61 Å². The second-order valence-electron chi connectivity index (χ2n) is 6.14. The van der Waals surface area contributed by atoms with Crippen molar-refractivity contribution < 1.29 is 9.84 Å². The Morgan fingerprint density at radius 3 is 2.38 bits per heavy atom. The zero-order chi connectivity index (χ0) is 16.4. The second kappa shape index (κ2) is 6.60. The average molecular weight is 316 g/mol. The minimum Gasteiger partial charge on any atom is -0.394 e. The Hall–Kier alpha value is -2.42. The summed E-state index contributed by atoms with van der Waals surface area (Å²) in [7, 11) is 0. The lowest BCUT2D eigenvalue weighted by Gasteiger charge is -2.10. The third-order valence-corrected chi connectivity index (χ3v) is 4.62. The number of ether oxygens (including phenoxy) is 1. The molecule has 0 saturated heterocycles. The molecule has 0 amide bonds. The van der Waals surface area contributed by atoms with Crippen LogP contribution >= 0.6 is 0 Å². The zero-order valence-corrected chi connectivity index (χ0v) is 13.5. The first kappa shape index (κ1) is 15.1. The molecule has 0 aromatic heterocycles. The Bertz CT molecular complexity index is 850. The molecule has 0 saturated carbocycles. The van der Waals surface area contributed by atoms with Crippen molar-refractivity contribution in [2.45, 2.75) is 13.0 Å². The highest BCUT2D eigenvalue weighted by molar-refractivity contribution is 5.84. The van der Waals surface area contributed by atoms with Crippen LogP contribution in [0.25, 0.3) is 22.3 Å². The minimum absolute atomic E-state index is 0.0643. The summed E-state index contributed by atoms with van der Waals surface area (Å²) in [5.41, 5.74) is 9.24. The van der Waals surface area contributed by atoms with Crippen LogP contribution in [0.2, 0.25) is 0 Å². The van der Waals surface area contributed by atoms with Crippen molar-refractivity contribution in [3.8, 4) is 22.3 Å². The molecule has 120 valence electrons. The number of benzene rings is 3. The molecule has 4 rings (SSSR count). The van der Waals surface area contributed by atoms with Gasteiger partial charge in [0.1, 0.15) is 0 Å². The summed E-state index contributed by atoms with van der Waals surface area (Å²) in [5, 5.41) is 8.78. The smallest absolute Gasteiger partial charge is 0.0718 e. The fourth-order valence-electron chi connectivity index (χ4n) is 3.46. The molecule has 0 spiro atoms. The van der Waals surface area contributed by atoms with Crippen molar-refractivity contribution in [1.82, 2.24) is 0 Å². The lowest BCUT2D eigenvalue weighted by Crippen LogP contribution is -1.99. The molecule has 3 aromatic rings. The maximum absolute atomic E-state index is 8.78. The summed E-state index contributed by atoms with van der Waals surface area (Å²) in [5.74, 6) is 0. The number of hydrogen-bond acceptors (Lipinski definition) is 2. The molecule has 1 aliphatic carbocycles. The van der Waals surface area contributed by atoms with Gasteiger partial charge in [0.2, 0.25) is 0 Å². The van der Waals surface area contributed by atoms with Gasteiger partial charge in [0.05, 0.1) is 19.8 Å². The Labute approximate surface area is 142 Å². The van der Waals surface area contributed by atoms with E-state index in [9.17, 15) is 0 Å². The molecule has 0 aliphatic heterocycles. The molecule has 0 atom stereocenters. The first-order valence-corrected chi connectivity index (χ1v) is 8.35. The van der Waals surface area contributed by atoms with Crippen molar-refractivity contribution in [3.05, 3.63) is 83.4 Å². The van der Waals surface area contributed by atoms with Gasteiger partial charge in [-0.25, -0.2) is 0 Å². The number of aliphatic hydroxyl groups excluding tert-OH is 1. The third-order valence-electron chi connectivity index (χ3n) is 4.62. The normalized spacial score (nSPS) is 12.0. The van der Waals surface area contributed by atoms with Crippen LogP contribution in [-0.2, 0) is 17.8 Å². The van der Waals surface area contributed by atoms with E-state index in [0.717, 1.165) is 12.0 Å². The molecular weight excluding hydrogens is 296 g/mol. The summed E-state index contributed by atoms with van der Waals surface area (Å²) in [6, 6.07) is 23.8. The second-order valence-corrected chi connectivity index (χ2v) is 6.14. The first-order chi connectivity index (χ1) is 11.9. The molecule has 0 heterocycles. The van der Waals surface area contributed by atoms with E-state index in [2.05, 4.69) is 66.7 Å². The lowest BCUT2D eigenvalue weighted by molar-refractivity contribution is 0.0815. The molecule has 0 fully saturated rings. The van der Waals surface area contributed by atoms with E-state index in [4.69, 9.17) is 9.84 Å². The van der Waals surface area contributed by atoms with Crippen LogP contribution in [0.15, 0.2) is 66.7 Å². The predicted octanol–water partition coefficient (Wildman–Crippen LogP) is 4.43. The van der Waals surface area contributed by atoms with Crippen molar-refractivity contribution in [2.75, 3.05) is 13.2 Å². The molecule has 3 aromatic carbocycles. The van der Waals surface area contributed by atoms with Crippen LogP contribution in [0, 0.1) is 0 Å². The summed E-state index contributed by atoms with van der Waals surface area (Å²) >= 11 is 0. The highest BCUT2D eigenvalue weighted by atomic mass is 16.5. The molecule has 0 radical (unpaired) electrons. The Balaban J connectivity index is 1.64. The topological polar surface area (TPSA) is 29.5 Å². The van der Waals surface area contributed by atoms with Crippen LogP contribution in [-0.4, -0.2) is 18.3 Å². The van der Waals surface area contributed by atoms with Crippen LogP contribution in [0.3, 0.4) is 0 Å². The number of hydrogen-bond donors (Lipinski definition) is 1. The van der Waals surface area contributed by atoms with Crippen molar-refractivity contribution in [2.24, 2.45) is 0 Å². The molecule has 0 bridgehead atoms. The summed E-state index contributed by atoms with van der Waals surface area (Å²) < 4.78 is 5.38. The van der Waals surface area contributed by atoms with E-state index in [1.807, 2.05) is 0 Å². The van der Waals surface area contributed by atoms with Gasteiger partial charge in [0.15, 0.2) is 0 Å². The van der Waals surface area contributed by atoms with Crippen LogP contribution in [0.5, 0.6) is 0 Å². The van der Waals surface area contributed by atoms with Crippen LogP contribution in [0.1, 0.15) is 16.7 Å².